The maximum atomic E-state index is 9.05. The van der Waals surface area contributed by atoms with E-state index in [4.69, 9.17) is 43.4 Å². The van der Waals surface area contributed by atoms with E-state index >= 15 is 0 Å². The number of hydrogen-bond donors (Lipinski definition) is 2. The van der Waals surface area contributed by atoms with Crippen molar-refractivity contribution >= 4 is 27.8 Å². The summed E-state index contributed by atoms with van der Waals surface area (Å²) in [5.74, 6) is 0. The maximum absolute atomic E-state index is 9.05. The average Bonchev–Trinajstić information content (AvgIpc) is 3.46. The number of aromatic nitrogens is 1. The number of hydrogen-bond acceptors (Lipinski definition) is 13. The summed E-state index contributed by atoms with van der Waals surface area (Å²) in [7, 11) is 1.94. The molecule has 0 aliphatic rings. The zero-order chi connectivity index (χ0) is 34.3. The van der Waals surface area contributed by atoms with Crippen LogP contribution < -0.4 is 9.47 Å². The predicted octanol–water partition coefficient (Wildman–Crippen LogP) is 3.76. The van der Waals surface area contributed by atoms with Crippen LogP contribution >= 0.6 is 11.3 Å². The van der Waals surface area contributed by atoms with Gasteiger partial charge in [0.15, 0.2) is 0 Å². The second kappa shape index (κ2) is 24.9. The van der Waals surface area contributed by atoms with Crippen molar-refractivity contribution in [3.63, 3.8) is 0 Å². The van der Waals surface area contributed by atoms with Crippen LogP contribution in [0.15, 0.2) is 40.0 Å². The van der Waals surface area contributed by atoms with Gasteiger partial charge in [0.05, 0.1) is 116 Å². The zero-order valence-electron chi connectivity index (χ0n) is 29.0. The fourth-order valence-electron chi connectivity index (χ4n) is 4.25. The van der Waals surface area contributed by atoms with Gasteiger partial charge in [-0.05, 0) is 74.8 Å². The number of aryl methyl sites for hydroxylation is 2. The van der Waals surface area contributed by atoms with Crippen molar-refractivity contribution in [2.75, 3.05) is 97.3 Å². The Hall–Kier alpha value is -2.11. The van der Waals surface area contributed by atoms with Gasteiger partial charge >= 0.3 is 5.13 Å². The summed E-state index contributed by atoms with van der Waals surface area (Å²) in [4.78, 5) is 2.23. The highest BCUT2D eigenvalue weighted by atomic mass is 32.1. The van der Waals surface area contributed by atoms with Gasteiger partial charge in [0.1, 0.15) is 11.9 Å². The van der Waals surface area contributed by atoms with Crippen LogP contribution in [0.25, 0.3) is 0 Å². The monoisotopic (exact) mass is 685 g/mol. The number of anilines is 1. The predicted molar refractivity (Wildman–Crippen MR) is 181 cm³/mol. The molecule has 1 aromatic carbocycles. The molecule has 47 heavy (non-hydrogen) atoms. The van der Waals surface area contributed by atoms with Crippen molar-refractivity contribution in [1.29, 1.82) is 0 Å². The molecule has 0 saturated heterocycles. The molecule has 0 fully saturated rings. The molecular formula is C33H57N4O9S+. The molecule has 13 nitrogen and oxygen atoms in total. The lowest BCUT2D eigenvalue weighted by Gasteiger charge is -2.33. The first-order valence-electron chi connectivity index (χ1n) is 16.3. The lowest BCUT2D eigenvalue weighted by molar-refractivity contribution is -0.654. The van der Waals surface area contributed by atoms with Crippen LogP contribution in [0, 0.1) is 6.92 Å². The van der Waals surface area contributed by atoms with Crippen molar-refractivity contribution < 1.29 is 47.9 Å². The molecule has 268 valence electrons. The fourth-order valence-corrected chi connectivity index (χ4v) is 4.93. The lowest BCUT2D eigenvalue weighted by Crippen LogP contribution is -2.44. The largest absolute Gasteiger partial charge is 0.408 e. The van der Waals surface area contributed by atoms with Crippen molar-refractivity contribution in [2.45, 2.75) is 59.0 Å². The average molecular weight is 686 g/mol. The van der Waals surface area contributed by atoms with Crippen molar-refractivity contribution in [1.82, 2.24) is 0 Å². The molecule has 0 spiro atoms. The summed E-state index contributed by atoms with van der Waals surface area (Å²) in [5, 5.41) is 29.6. The third-order valence-corrected chi connectivity index (χ3v) is 7.47. The van der Waals surface area contributed by atoms with E-state index < -0.39 is 0 Å². The first kappa shape index (κ1) is 41.1. The molecule has 2 rings (SSSR count). The minimum atomic E-state index is -0.262. The number of azo groups is 1. The van der Waals surface area contributed by atoms with Crippen molar-refractivity contribution in [3.8, 4) is 0 Å². The third kappa shape index (κ3) is 18.3. The zero-order valence-corrected chi connectivity index (χ0v) is 29.9. The first-order valence-corrected chi connectivity index (χ1v) is 17.2. The Morgan fingerprint density at radius 2 is 1.28 bits per heavy atom. The Labute approximate surface area is 284 Å². The molecule has 2 atom stereocenters. The Morgan fingerprint density at radius 1 is 0.745 bits per heavy atom. The summed E-state index contributed by atoms with van der Waals surface area (Å²) in [6, 6.07) is 6.12. The van der Waals surface area contributed by atoms with Crippen LogP contribution in [0.1, 0.15) is 33.3 Å². The van der Waals surface area contributed by atoms with Gasteiger partial charge in [0.2, 0.25) is 0 Å². The van der Waals surface area contributed by atoms with Crippen LogP contribution in [-0.2, 0) is 40.2 Å². The SMILES string of the molecule is Cc1cc(N(CC(COC(C)C)OCCOCCO)CC(COC(C)C)OCCOCCOCCO)ccc1/N=N/c1scc[n+]1C. The number of aliphatic hydroxyl groups is 2. The maximum Gasteiger partial charge on any atom is 0.408 e. The summed E-state index contributed by atoms with van der Waals surface area (Å²) in [6.07, 6.45) is 1.52. The Balaban J connectivity index is 2.25. The van der Waals surface area contributed by atoms with E-state index in [1.807, 2.05) is 69.9 Å². The molecule has 1 heterocycles. The van der Waals surface area contributed by atoms with Gasteiger partial charge in [-0.1, -0.05) is 0 Å². The summed E-state index contributed by atoms with van der Waals surface area (Å²) >= 11 is 1.53. The number of nitrogens with zero attached hydrogens (tertiary/aromatic N) is 4. The van der Waals surface area contributed by atoms with Gasteiger partial charge in [0, 0.05) is 24.2 Å². The Bertz CT molecular complexity index is 1110. The Morgan fingerprint density at radius 3 is 1.74 bits per heavy atom. The van der Waals surface area contributed by atoms with E-state index in [9.17, 15) is 0 Å². The Kier molecular flexibility index (Phi) is 21.8. The normalized spacial score (nSPS) is 13.3. The summed E-state index contributed by atoms with van der Waals surface area (Å²) in [5.41, 5.74) is 2.75. The first-order chi connectivity index (χ1) is 22.7. The second-order valence-electron chi connectivity index (χ2n) is 11.4. The standard InChI is InChI=1S/C33H57N4O9S/c1-26(2)45-24-30(43-18-16-41-13-11-39)22-37(23-31(25-46-27(3)4)44-19-17-42-15-14-40-12-10-38)29-7-8-32(28(5)21-29)34-35-33-36(6)9-20-47-33/h7-9,20-21,26-27,30-31,38-39H,10-19,22-25H2,1-6H3/q+1. The van der Waals surface area contributed by atoms with Crippen LogP contribution in [0.4, 0.5) is 16.5 Å². The van der Waals surface area contributed by atoms with Gasteiger partial charge in [-0.25, -0.2) is 4.57 Å². The van der Waals surface area contributed by atoms with E-state index in [2.05, 4.69) is 21.2 Å². The van der Waals surface area contributed by atoms with Gasteiger partial charge in [0.25, 0.3) is 0 Å². The molecule has 1 aromatic heterocycles. The number of benzene rings is 1. The topological polar surface area (TPSA) is 137 Å². The van der Waals surface area contributed by atoms with Gasteiger partial charge in [-0.15, -0.1) is 0 Å². The molecule has 14 heteroatoms. The fraction of sp³-hybridized carbons (Fsp3) is 0.727. The quantitative estimate of drug-likeness (QED) is 0.0774. The highest BCUT2D eigenvalue weighted by Gasteiger charge is 2.22. The van der Waals surface area contributed by atoms with Crippen LogP contribution in [0.3, 0.4) is 0 Å². The molecule has 0 aliphatic carbocycles. The van der Waals surface area contributed by atoms with Crippen LogP contribution in [0.5, 0.6) is 0 Å². The highest BCUT2D eigenvalue weighted by molar-refractivity contribution is 7.12. The number of aliphatic hydroxyl groups excluding tert-OH is 2. The third-order valence-electron chi connectivity index (χ3n) is 6.63. The van der Waals surface area contributed by atoms with Crippen LogP contribution in [0.2, 0.25) is 0 Å². The van der Waals surface area contributed by atoms with Crippen molar-refractivity contribution in [3.05, 3.63) is 35.3 Å². The second-order valence-corrected chi connectivity index (χ2v) is 12.3. The number of thiazole rings is 1. The van der Waals surface area contributed by atoms with E-state index in [1.54, 1.807) is 0 Å². The van der Waals surface area contributed by atoms with Gasteiger partial charge < -0.3 is 48.3 Å². The molecule has 0 bridgehead atoms. The minimum absolute atomic E-state index is 0.00944. The van der Waals surface area contributed by atoms with E-state index in [1.165, 1.54) is 11.3 Å². The van der Waals surface area contributed by atoms with Gasteiger partial charge in [-0.2, -0.15) is 0 Å². The molecule has 0 amide bonds. The minimum Gasteiger partial charge on any atom is -0.394 e. The summed E-state index contributed by atoms with van der Waals surface area (Å²) < 4.78 is 42.8. The van der Waals surface area contributed by atoms with Gasteiger partial charge in [-0.3, -0.25) is 0 Å². The smallest absolute Gasteiger partial charge is 0.394 e. The van der Waals surface area contributed by atoms with Crippen molar-refractivity contribution in [2.24, 2.45) is 17.3 Å². The molecule has 2 N–H and O–H groups in total. The molecular weight excluding hydrogens is 628 g/mol. The van der Waals surface area contributed by atoms with Crippen LogP contribution in [-0.4, -0.2) is 127 Å². The van der Waals surface area contributed by atoms with E-state index in [-0.39, 0.29) is 44.2 Å². The molecule has 2 aromatic rings. The molecule has 0 radical (unpaired) electrons. The molecule has 2 unspecified atom stereocenters. The molecule has 0 aliphatic heterocycles. The number of ether oxygens (including phenoxy) is 7. The number of rotatable bonds is 28. The highest BCUT2D eigenvalue weighted by Crippen LogP contribution is 2.28. The van der Waals surface area contributed by atoms with E-state index in [0.29, 0.717) is 72.6 Å². The van der Waals surface area contributed by atoms with E-state index in [0.717, 1.165) is 22.1 Å². The lowest BCUT2D eigenvalue weighted by atomic mass is 10.1. The summed E-state index contributed by atoms with van der Waals surface area (Å²) in [6.45, 7) is 14.8. The molecule has 0 saturated carbocycles.